The Labute approximate surface area is 102 Å². The van der Waals surface area contributed by atoms with Gasteiger partial charge in [0, 0.05) is 0 Å². The van der Waals surface area contributed by atoms with Gasteiger partial charge in [-0.25, -0.2) is 0 Å². The van der Waals surface area contributed by atoms with Crippen LogP contribution in [0.1, 0.15) is 32.1 Å². The maximum absolute atomic E-state index is 5.80. The van der Waals surface area contributed by atoms with E-state index in [2.05, 4.69) is 0 Å². The van der Waals surface area contributed by atoms with Crippen LogP contribution in [0.3, 0.4) is 0 Å². The zero-order valence-corrected chi connectivity index (χ0v) is 10.1. The summed E-state index contributed by atoms with van der Waals surface area (Å²) < 4.78 is 11.6. The number of epoxide rings is 2. The Bertz CT molecular complexity index is 358. The summed E-state index contributed by atoms with van der Waals surface area (Å²) in [6.07, 6.45) is 10.4. The third-order valence-electron chi connectivity index (χ3n) is 7.07. The van der Waals surface area contributed by atoms with E-state index in [0.717, 1.165) is 35.5 Å². The topological polar surface area (TPSA) is 25.1 Å². The fourth-order valence-corrected chi connectivity index (χ4v) is 6.40. The Hall–Kier alpha value is -0.0800. The van der Waals surface area contributed by atoms with Crippen molar-refractivity contribution in [2.75, 3.05) is 0 Å². The molecule has 2 nitrogen and oxygen atoms in total. The van der Waals surface area contributed by atoms with Crippen LogP contribution in [0.4, 0.5) is 0 Å². The predicted octanol–water partition coefficient (Wildman–Crippen LogP) is 2.22. The molecule has 0 amide bonds. The second kappa shape index (κ2) is 2.60. The summed E-state index contributed by atoms with van der Waals surface area (Å²) in [6.45, 7) is 0. The minimum absolute atomic E-state index is 0.710. The second-order valence-electron chi connectivity index (χ2n) is 7.68. The Balaban J connectivity index is 1.21. The minimum atomic E-state index is 0.710. The smallest absolute Gasteiger partial charge is 0.0875 e. The molecule has 0 aromatic carbocycles. The number of hydrogen-bond acceptors (Lipinski definition) is 2. The summed E-state index contributed by atoms with van der Waals surface area (Å²) in [4.78, 5) is 0. The van der Waals surface area contributed by atoms with Crippen molar-refractivity contribution in [2.24, 2.45) is 35.5 Å². The van der Waals surface area contributed by atoms with Crippen molar-refractivity contribution in [1.29, 1.82) is 0 Å². The maximum Gasteiger partial charge on any atom is 0.0875 e. The van der Waals surface area contributed by atoms with E-state index < -0.39 is 0 Å². The van der Waals surface area contributed by atoms with Crippen molar-refractivity contribution >= 4 is 0 Å². The fourth-order valence-electron chi connectivity index (χ4n) is 6.40. The van der Waals surface area contributed by atoms with E-state index in [1.165, 1.54) is 32.1 Å². The molecule has 2 aliphatic heterocycles. The number of fused-ring (bicyclic) bond motifs is 10. The number of hydrogen-bond donors (Lipinski definition) is 0. The minimum Gasteiger partial charge on any atom is -0.369 e. The molecule has 0 spiro atoms. The van der Waals surface area contributed by atoms with Gasteiger partial charge < -0.3 is 9.47 Å². The first-order valence-corrected chi connectivity index (χ1v) is 7.69. The molecule has 2 heteroatoms. The van der Waals surface area contributed by atoms with Crippen molar-refractivity contribution in [3.63, 3.8) is 0 Å². The van der Waals surface area contributed by atoms with Gasteiger partial charge in [0.2, 0.25) is 0 Å². The Morgan fingerprint density at radius 1 is 0.647 bits per heavy atom. The Morgan fingerprint density at radius 2 is 1.18 bits per heavy atom. The van der Waals surface area contributed by atoms with E-state index in [-0.39, 0.29) is 0 Å². The Morgan fingerprint density at radius 3 is 1.59 bits per heavy atom. The van der Waals surface area contributed by atoms with E-state index in [1.807, 2.05) is 0 Å². The van der Waals surface area contributed by atoms with Crippen LogP contribution in [0.15, 0.2) is 0 Å². The third-order valence-corrected chi connectivity index (χ3v) is 7.07. The van der Waals surface area contributed by atoms with Crippen molar-refractivity contribution in [3.05, 3.63) is 0 Å². The zero-order valence-electron chi connectivity index (χ0n) is 10.1. The molecule has 2 saturated heterocycles. The van der Waals surface area contributed by atoms with Crippen molar-refractivity contribution in [2.45, 2.75) is 56.5 Å². The molecule has 4 aliphatic carbocycles. The van der Waals surface area contributed by atoms with Gasteiger partial charge in [-0.05, 0) is 67.6 Å². The summed E-state index contributed by atoms with van der Waals surface area (Å²) >= 11 is 0. The van der Waals surface area contributed by atoms with Crippen molar-refractivity contribution < 1.29 is 9.47 Å². The van der Waals surface area contributed by atoms with Crippen LogP contribution in [0, 0.1) is 35.5 Å². The van der Waals surface area contributed by atoms with Crippen LogP contribution in [0.5, 0.6) is 0 Å². The molecule has 6 rings (SSSR count). The van der Waals surface area contributed by atoms with Gasteiger partial charge in [-0.1, -0.05) is 0 Å². The highest BCUT2D eigenvalue weighted by molar-refractivity contribution is 5.14. The first-order valence-electron chi connectivity index (χ1n) is 7.69. The monoisotopic (exact) mass is 232 g/mol. The first-order chi connectivity index (χ1) is 8.38. The molecule has 92 valence electrons. The molecule has 0 aromatic rings. The maximum atomic E-state index is 5.80. The molecule has 6 aliphatic rings. The van der Waals surface area contributed by atoms with Gasteiger partial charge in [0.15, 0.2) is 0 Å². The molecule has 4 saturated carbocycles. The van der Waals surface area contributed by atoms with Crippen LogP contribution in [0.2, 0.25) is 0 Å². The lowest BCUT2D eigenvalue weighted by atomic mass is 9.77. The molecule has 2 heterocycles. The summed E-state index contributed by atoms with van der Waals surface area (Å²) in [5, 5.41) is 0. The largest absolute Gasteiger partial charge is 0.369 e. The predicted molar refractivity (Wildman–Crippen MR) is 61.3 cm³/mol. The quantitative estimate of drug-likeness (QED) is 0.682. The molecule has 10 atom stereocenters. The molecule has 17 heavy (non-hydrogen) atoms. The van der Waals surface area contributed by atoms with E-state index in [9.17, 15) is 0 Å². The van der Waals surface area contributed by atoms with Crippen LogP contribution in [-0.2, 0) is 9.47 Å². The molecule has 4 bridgehead atoms. The van der Waals surface area contributed by atoms with Gasteiger partial charge in [-0.2, -0.15) is 0 Å². The van der Waals surface area contributed by atoms with E-state index in [0.29, 0.717) is 24.4 Å². The van der Waals surface area contributed by atoms with E-state index >= 15 is 0 Å². The Kier molecular flexibility index (Phi) is 1.36. The molecule has 0 aromatic heterocycles. The first kappa shape index (κ1) is 8.92. The molecule has 6 fully saturated rings. The fraction of sp³-hybridized carbons (Fsp3) is 1.00. The van der Waals surface area contributed by atoms with Crippen molar-refractivity contribution in [1.82, 2.24) is 0 Å². The summed E-state index contributed by atoms with van der Waals surface area (Å²) in [5.74, 6) is 5.87. The standard InChI is InChI=1S/C15H20O2/c1(6-2-8-4-10(6)14-12(8)16-14)7-3-9-5-11(7)15-13(9)17-15/h6-15H,1-5H2. The van der Waals surface area contributed by atoms with Crippen molar-refractivity contribution in [3.8, 4) is 0 Å². The highest BCUT2D eigenvalue weighted by atomic mass is 16.6. The van der Waals surface area contributed by atoms with Crippen LogP contribution >= 0.6 is 0 Å². The van der Waals surface area contributed by atoms with Crippen LogP contribution in [0.25, 0.3) is 0 Å². The lowest BCUT2D eigenvalue weighted by Gasteiger charge is -2.27. The third kappa shape index (κ3) is 0.986. The van der Waals surface area contributed by atoms with E-state index in [4.69, 9.17) is 9.47 Å². The average Bonchev–Trinajstić information content (AvgIpc) is 3.18. The zero-order chi connectivity index (χ0) is 10.7. The van der Waals surface area contributed by atoms with Gasteiger partial charge in [0.05, 0.1) is 24.4 Å². The number of ether oxygens (including phenoxy) is 2. The van der Waals surface area contributed by atoms with Gasteiger partial charge in [-0.15, -0.1) is 0 Å². The highest BCUT2D eigenvalue weighted by Crippen LogP contribution is 2.64. The summed E-state index contributed by atoms with van der Waals surface area (Å²) in [7, 11) is 0. The molecular formula is C15H20O2. The average molecular weight is 232 g/mol. The molecular weight excluding hydrogens is 212 g/mol. The van der Waals surface area contributed by atoms with Gasteiger partial charge in [0.1, 0.15) is 0 Å². The second-order valence-corrected chi connectivity index (χ2v) is 7.68. The molecule has 0 radical (unpaired) electrons. The highest BCUT2D eigenvalue weighted by Gasteiger charge is 2.66. The van der Waals surface area contributed by atoms with E-state index in [1.54, 1.807) is 0 Å². The normalized spacial score (nSPS) is 72.7. The molecule has 0 N–H and O–H groups in total. The number of rotatable bonds is 2. The van der Waals surface area contributed by atoms with Gasteiger partial charge in [-0.3, -0.25) is 0 Å². The summed E-state index contributed by atoms with van der Waals surface area (Å²) in [6, 6.07) is 0. The van der Waals surface area contributed by atoms with Gasteiger partial charge >= 0.3 is 0 Å². The SMILES string of the molecule is C(C1CC2CC1C1OC21)C1CC2CC1C1OC21. The van der Waals surface area contributed by atoms with Crippen LogP contribution in [-0.4, -0.2) is 24.4 Å². The van der Waals surface area contributed by atoms with Crippen LogP contribution < -0.4 is 0 Å². The van der Waals surface area contributed by atoms with Gasteiger partial charge in [0.25, 0.3) is 0 Å². The lowest BCUT2D eigenvalue weighted by Crippen LogP contribution is -2.25. The summed E-state index contributed by atoms with van der Waals surface area (Å²) in [5.41, 5.74) is 0. The molecule has 10 unspecified atom stereocenters. The lowest BCUT2D eigenvalue weighted by molar-refractivity contribution is 0.201.